The fraction of sp³-hybridized carbons (Fsp3) is 0.727. The van der Waals surface area contributed by atoms with E-state index in [1.807, 2.05) is 12.1 Å². The summed E-state index contributed by atoms with van der Waals surface area (Å²) < 4.78 is 49.9. The molecule has 1 aromatic rings. The van der Waals surface area contributed by atoms with E-state index in [2.05, 4.69) is 17.9 Å². The van der Waals surface area contributed by atoms with Gasteiger partial charge in [-0.3, -0.25) is 0 Å². The van der Waals surface area contributed by atoms with Gasteiger partial charge in [-0.15, -0.1) is 0 Å². The quantitative estimate of drug-likeness (QED) is 0.644. The van der Waals surface area contributed by atoms with E-state index in [4.69, 9.17) is 11.6 Å². The number of hydrogen-bond acceptors (Lipinski definition) is 3. The van der Waals surface area contributed by atoms with Gasteiger partial charge < -0.3 is 4.90 Å². The van der Waals surface area contributed by atoms with Crippen molar-refractivity contribution in [2.75, 3.05) is 31.1 Å². The highest BCUT2D eigenvalue weighted by Crippen LogP contribution is 2.43. The number of sulfone groups is 1. The number of benzene rings is 1. The lowest BCUT2D eigenvalue weighted by molar-refractivity contribution is -0.0382. The summed E-state index contributed by atoms with van der Waals surface area (Å²) in [6.07, 6.45) is 2.78. The topological polar surface area (TPSA) is 37.4 Å². The molecule has 3 fully saturated rings. The Kier molecular flexibility index (Phi) is 5.75. The summed E-state index contributed by atoms with van der Waals surface area (Å²) in [7, 11) is -2.78. The second kappa shape index (κ2) is 7.76. The molecule has 0 aromatic heterocycles. The number of alkyl halides is 2. The molecule has 2 aliphatic heterocycles. The summed E-state index contributed by atoms with van der Waals surface area (Å²) in [4.78, 5) is 2.40. The van der Waals surface area contributed by atoms with Crippen molar-refractivity contribution in [3.63, 3.8) is 0 Å². The molecule has 3 aliphatic rings. The minimum atomic E-state index is -2.78. The van der Waals surface area contributed by atoms with Crippen molar-refractivity contribution in [3.05, 3.63) is 34.3 Å². The zero-order valence-corrected chi connectivity index (χ0v) is 18.5. The average Bonchev–Trinajstić information content (AvgIpc) is 2.97. The fourth-order valence-corrected chi connectivity index (χ4v) is 8.21. The van der Waals surface area contributed by atoms with Crippen LogP contribution in [0.3, 0.4) is 0 Å². The first kappa shape index (κ1) is 21.5. The van der Waals surface area contributed by atoms with Crippen molar-refractivity contribution < 1.29 is 17.2 Å². The number of hydrogen-bond donors (Lipinski definition) is 0. The normalized spacial score (nSPS) is 27.0. The van der Waals surface area contributed by atoms with Crippen molar-refractivity contribution >= 4 is 21.4 Å². The molecule has 2 heterocycles. The van der Waals surface area contributed by atoms with Gasteiger partial charge in [-0.05, 0) is 61.3 Å². The van der Waals surface area contributed by atoms with Gasteiger partial charge >= 0.3 is 0 Å². The molecule has 3 nitrogen and oxygen atoms in total. The largest absolute Gasteiger partial charge is 0.302 e. The molecule has 162 valence electrons. The highest BCUT2D eigenvalue weighted by Gasteiger charge is 2.51. The van der Waals surface area contributed by atoms with Gasteiger partial charge in [0.15, 0.2) is 9.84 Å². The Morgan fingerprint density at radius 3 is 2.52 bits per heavy atom. The van der Waals surface area contributed by atoms with Gasteiger partial charge in [0.05, 0.1) is 11.5 Å². The van der Waals surface area contributed by atoms with Gasteiger partial charge in [-0.1, -0.05) is 30.7 Å². The van der Waals surface area contributed by atoms with Crippen molar-refractivity contribution in [2.45, 2.75) is 57.3 Å². The van der Waals surface area contributed by atoms with E-state index in [0.717, 1.165) is 38.0 Å². The van der Waals surface area contributed by atoms with Gasteiger partial charge in [-0.25, -0.2) is 17.2 Å². The van der Waals surface area contributed by atoms with Crippen molar-refractivity contribution in [1.29, 1.82) is 0 Å². The second-order valence-electron chi connectivity index (χ2n) is 9.81. The van der Waals surface area contributed by atoms with Crippen LogP contribution in [0.15, 0.2) is 18.2 Å². The lowest BCUT2D eigenvalue weighted by Crippen LogP contribution is -2.50. The number of halogens is 3. The lowest BCUT2D eigenvalue weighted by Gasteiger charge is -2.37. The van der Waals surface area contributed by atoms with Crippen LogP contribution in [0.2, 0.25) is 5.02 Å². The van der Waals surface area contributed by atoms with Crippen LogP contribution in [-0.4, -0.2) is 50.4 Å². The van der Waals surface area contributed by atoms with Crippen LogP contribution < -0.4 is 0 Å². The molecule has 1 aromatic carbocycles. The van der Waals surface area contributed by atoms with E-state index in [1.54, 1.807) is 0 Å². The van der Waals surface area contributed by atoms with Gasteiger partial charge in [0.2, 0.25) is 5.92 Å². The Labute approximate surface area is 177 Å². The molecule has 1 saturated carbocycles. The van der Waals surface area contributed by atoms with Crippen LogP contribution in [-0.2, 0) is 16.3 Å². The maximum absolute atomic E-state index is 13.4. The van der Waals surface area contributed by atoms with Crippen LogP contribution in [0.5, 0.6) is 0 Å². The molecule has 1 spiro atoms. The summed E-state index contributed by atoms with van der Waals surface area (Å²) in [6, 6.07) is 6.13. The summed E-state index contributed by atoms with van der Waals surface area (Å²) >= 11 is 6.52. The van der Waals surface area contributed by atoms with E-state index < -0.39 is 15.8 Å². The lowest BCUT2D eigenvalue weighted by atomic mass is 9.82. The predicted octanol–water partition coefficient (Wildman–Crippen LogP) is 4.93. The Morgan fingerprint density at radius 1 is 1.21 bits per heavy atom. The number of likely N-dealkylation sites (tertiary alicyclic amines) is 1. The molecule has 1 atom stereocenters. The summed E-state index contributed by atoms with van der Waals surface area (Å²) in [5, 5.41) is 0.699. The van der Waals surface area contributed by atoms with Crippen LogP contribution in [0.25, 0.3) is 0 Å². The molecular formula is C22H30ClF2NO2S. The van der Waals surface area contributed by atoms with Crippen molar-refractivity contribution in [1.82, 2.24) is 4.90 Å². The van der Waals surface area contributed by atoms with Gasteiger partial charge in [-0.2, -0.15) is 0 Å². The van der Waals surface area contributed by atoms with Crippen molar-refractivity contribution in [3.8, 4) is 0 Å². The molecule has 0 amide bonds. The van der Waals surface area contributed by atoms with E-state index in [0.29, 0.717) is 35.3 Å². The van der Waals surface area contributed by atoms with E-state index in [1.165, 1.54) is 5.56 Å². The van der Waals surface area contributed by atoms with Gasteiger partial charge in [0, 0.05) is 36.4 Å². The first-order valence-corrected chi connectivity index (χ1v) is 12.8. The SMILES string of the molecule is C[C@@H](Cc1ccc(C2CCC(F)(F)CC2)c(Cl)c1)CN1CCC2(C1)CS(=O)(=O)C2. The smallest absolute Gasteiger partial charge is 0.248 e. The van der Waals surface area contributed by atoms with Crippen LogP contribution in [0.1, 0.15) is 56.1 Å². The molecule has 0 radical (unpaired) electrons. The Bertz CT molecular complexity index is 852. The minimum Gasteiger partial charge on any atom is -0.302 e. The zero-order chi connectivity index (χ0) is 20.9. The van der Waals surface area contributed by atoms with Crippen LogP contribution in [0.4, 0.5) is 8.78 Å². The second-order valence-corrected chi connectivity index (χ2v) is 12.3. The molecule has 7 heteroatoms. The third kappa shape index (κ3) is 4.96. The van der Waals surface area contributed by atoms with Crippen LogP contribution in [0, 0.1) is 11.3 Å². The Balaban J connectivity index is 1.30. The summed E-state index contributed by atoms with van der Waals surface area (Å²) in [6.45, 7) is 5.04. The van der Waals surface area contributed by atoms with E-state index >= 15 is 0 Å². The molecule has 0 unspecified atom stereocenters. The van der Waals surface area contributed by atoms with Gasteiger partial charge in [0.1, 0.15) is 0 Å². The minimum absolute atomic E-state index is 0.0142. The molecule has 0 N–H and O–H groups in total. The standard InChI is InChI=1S/C22H30ClF2NO2S/c1-16(12-26-9-8-21(13-26)14-29(27,28)15-21)10-17-2-3-19(20(23)11-17)18-4-6-22(24,25)7-5-18/h2-3,11,16,18H,4-10,12-15H2,1H3/t16-/m0/s1. The first-order valence-electron chi connectivity index (χ1n) is 10.6. The third-order valence-electron chi connectivity index (χ3n) is 6.95. The van der Waals surface area contributed by atoms with E-state index in [-0.39, 0.29) is 24.2 Å². The molecule has 0 bridgehead atoms. The molecule has 29 heavy (non-hydrogen) atoms. The molecule has 2 saturated heterocycles. The summed E-state index contributed by atoms with van der Waals surface area (Å²) in [5.41, 5.74) is 2.19. The van der Waals surface area contributed by atoms with Crippen molar-refractivity contribution in [2.24, 2.45) is 11.3 Å². The summed E-state index contributed by atoms with van der Waals surface area (Å²) in [5.74, 6) is -1.23. The number of rotatable bonds is 5. The third-order valence-corrected chi connectivity index (χ3v) is 9.38. The maximum Gasteiger partial charge on any atom is 0.248 e. The fourth-order valence-electron chi connectivity index (χ4n) is 5.60. The average molecular weight is 446 g/mol. The maximum atomic E-state index is 13.4. The first-order chi connectivity index (χ1) is 13.5. The van der Waals surface area contributed by atoms with Gasteiger partial charge in [0.25, 0.3) is 0 Å². The molecule has 1 aliphatic carbocycles. The highest BCUT2D eigenvalue weighted by atomic mass is 35.5. The monoisotopic (exact) mass is 445 g/mol. The Morgan fingerprint density at radius 2 is 1.90 bits per heavy atom. The zero-order valence-electron chi connectivity index (χ0n) is 17.0. The van der Waals surface area contributed by atoms with Crippen LogP contribution >= 0.6 is 11.6 Å². The highest BCUT2D eigenvalue weighted by molar-refractivity contribution is 7.92. The predicted molar refractivity (Wildman–Crippen MR) is 113 cm³/mol. The molecule has 4 rings (SSSR count). The Hall–Kier alpha value is -0.720. The number of nitrogens with zero attached hydrogens (tertiary/aromatic N) is 1. The van der Waals surface area contributed by atoms with E-state index in [9.17, 15) is 17.2 Å². The molecular weight excluding hydrogens is 416 g/mol.